The van der Waals surface area contributed by atoms with Gasteiger partial charge in [-0.2, -0.15) is 9.40 Å². The van der Waals surface area contributed by atoms with E-state index in [4.69, 9.17) is 4.74 Å². The molecular formula is C21H25BrN6O3S. The Morgan fingerprint density at radius 2 is 1.75 bits per heavy atom. The molecule has 3 heterocycles. The Bertz CT molecular complexity index is 1220. The van der Waals surface area contributed by atoms with Gasteiger partial charge in [-0.05, 0) is 45.0 Å². The van der Waals surface area contributed by atoms with Crippen LogP contribution < -0.4 is 9.64 Å². The molecule has 0 bridgehead atoms. The molecule has 11 heteroatoms. The van der Waals surface area contributed by atoms with E-state index in [9.17, 15) is 8.42 Å². The summed E-state index contributed by atoms with van der Waals surface area (Å²) in [5, 5.41) is 4.48. The van der Waals surface area contributed by atoms with Crippen molar-refractivity contribution < 1.29 is 13.2 Å². The SMILES string of the molecule is CCOc1ccc(Br)cc1S(=O)(=O)N1CCN(c2cc(-n3nc(C)cc3C)ncn2)CC1. The van der Waals surface area contributed by atoms with Crippen LogP contribution in [0.4, 0.5) is 5.82 Å². The number of sulfonamides is 1. The van der Waals surface area contributed by atoms with Crippen LogP contribution in [-0.2, 0) is 10.0 Å². The third kappa shape index (κ3) is 4.50. The number of nitrogens with zero attached hydrogens (tertiary/aromatic N) is 6. The van der Waals surface area contributed by atoms with Crippen LogP contribution in [0.15, 0.2) is 46.0 Å². The van der Waals surface area contributed by atoms with Gasteiger partial charge in [0.25, 0.3) is 0 Å². The highest BCUT2D eigenvalue weighted by Gasteiger charge is 2.31. The van der Waals surface area contributed by atoms with Crippen LogP contribution in [0.1, 0.15) is 18.3 Å². The van der Waals surface area contributed by atoms with Crippen LogP contribution in [0.2, 0.25) is 0 Å². The van der Waals surface area contributed by atoms with Crippen molar-refractivity contribution >= 4 is 31.8 Å². The van der Waals surface area contributed by atoms with Gasteiger partial charge in [-0.25, -0.2) is 23.1 Å². The van der Waals surface area contributed by atoms with Gasteiger partial charge in [0.2, 0.25) is 10.0 Å². The summed E-state index contributed by atoms with van der Waals surface area (Å²) in [5.74, 6) is 1.80. The van der Waals surface area contributed by atoms with E-state index >= 15 is 0 Å². The number of piperazine rings is 1. The van der Waals surface area contributed by atoms with Crippen LogP contribution in [-0.4, -0.2) is 65.3 Å². The first kappa shape index (κ1) is 22.7. The molecule has 3 aromatic rings. The lowest BCUT2D eigenvalue weighted by molar-refractivity contribution is 0.327. The predicted octanol–water partition coefficient (Wildman–Crippen LogP) is 2.95. The summed E-state index contributed by atoms with van der Waals surface area (Å²) >= 11 is 3.37. The van der Waals surface area contributed by atoms with E-state index in [1.54, 1.807) is 22.9 Å². The van der Waals surface area contributed by atoms with E-state index in [1.807, 2.05) is 32.9 Å². The first-order chi connectivity index (χ1) is 15.3. The number of aryl methyl sites for hydroxylation is 2. The summed E-state index contributed by atoms with van der Waals surface area (Å²) < 4.78 is 36.2. The largest absolute Gasteiger partial charge is 0.492 e. The Morgan fingerprint density at radius 3 is 2.41 bits per heavy atom. The standard InChI is InChI=1S/C21H25BrN6O3S/c1-4-31-18-6-5-17(22)12-19(18)32(29,30)27-9-7-26(8-10-27)20-13-21(24-14-23-20)28-16(3)11-15(2)25-28/h5-6,11-14H,4,7-10H2,1-3H3. The van der Waals surface area contributed by atoms with E-state index in [1.165, 1.54) is 10.6 Å². The van der Waals surface area contributed by atoms with Crippen LogP contribution in [0, 0.1) is 13.8 Å². The number of rotatable bonds is 6. The fourth-order valence-electron chi connectivity index (χ4n) is 3.74. The number of aromatic nitrogens is 4. The average molecular weight is 521 g/mol. The molecule has 0 saturated carbocycles. The maximum Gasteiger partial charge on any atom is 0.246 e. The van der Waals surface area contributed by atoms with Crippen molar-refractivity contribution in [3.8, 4) is 11.6 Å². The molecule has 0 radical (unpaired) electrons. The molecule has 0 amide bonds. The highest BCUT2D eigenvalue weighted by atomic mass is 79.9. The van der Waals surface area contributed by atoms with E-state index in [-0.39, 0.29) is 4.90 Å². The normalized spacial score (nSPS) is 15.2. The van der Waals surface area contributed by atoms with Crippen LogP contribution in [0.5, 0.6) is 5.75 Å². The monoisotopic (exact) mass is 520 g/mol. The molecule has 0 spiro atoms. The molecule has 0 atom stereocenters. The zero-order valence-electron chi connectivity index (χ0n) is 18.2. The molecule has 2 aromatic heterocycles. The maximum absolute atomic E-state index is 13.3. The van der Waals surface area contributed by atoms with Gasteiger partial charge in [0.15, 0.2) is 5.82 Å². The summed E-state index contributed by atoms with van der Waals surface area (Å²) in [4.78, 5) is 11.0. The quantitative estimate of drug-likeness (QED) is 0.493. The lowest BCUT2D eigenvalue weighted by Crippen LogP contribution is -2.49. The zero-order valence-corrected chi connectivity index (χ0v) is 20.6. The maximum atomic E-state index is 13.3. The molecule has 0 unspecified atom stereocenters. The Kier molecular flexibility index (Phi) is 6.50. The number of anilines is 1. The van der Waals surface area contributed by atoms with E-state index in [0.29, 0.717) is 48.8 Å². The predicted molar refractivity (Wildman–Crippen MR) is 125 cm³/mol. The minimum Gasteiger partial charge on any atom is -0.492 e. The fourth-order valence-corrected chi connectivity index (χ4v) is 5.83. The van der Waals surface area contributed by atoms with E-state index in [0.717, 1.165) is 17.2 Å². The molecule has 1 aromatic carbocycles. The molecule has 32 heavy (non-hydrogen) atoms. The van der Waals surface area contributed by atoms with Crippen molar-refractivity contribution in [2.45, 2.75) is 25.7 Å². The van der Waals surface area contributed by atoms with Crippen molar-refractivity contribution in [2.75, 3.05) is 37.7 Å². The number of halogens is 1. The molecule has 170 valence electrons. The summed E-state index contributed by atoms with van der Waals surface area (Å²) in [6.45, 7) is 7.87. The molecule has 0 aliphatic carbocycles. The van der Waals surface area contributed by atoms with E-state index in [2.05, 4.69) is 35.9 Å². The van der Waals surface area contributed by atoms with Gasteiger partial charge >= 0.3 is 0 Å². The molecule has 1 aliphatic rings. The first-order valence-corrected chi connectivity index (χ1v) is 12.6. The van der Waals surface area contributed by atoms with Gasteiger partial charge < -0.3 is 9.64 Å². The summed E-state index contributed by atoms with van der Waals surface area (Å²) in [7, 11) is -3.69. The van der Waals surface area contributed by atoms with Gasteiger partial charge in [0.1, 0.15) is 22.8 Å². The summed E-state index contributed by atoms with van der Waals surface area (Å²) in [6, 6.07) is 8.92. The Balaban J connectivity index is 1.52. The molecule has 1 aliphatic heterocycles. The van der Waals surface area contributed by atoms with Gasteiger partial charge in [-0.1, -0.05) is 15.9 Å². The number of ether oxygens (including phenoxy) is 1. The third-order valence-electron chi connectivity index (χ3n) is 5.25. The fraction of sp³-hybridized carbons (Fsp3) is 0.381. The molecule has 1 fully saturated rings. The third-order valence-corrected chi connectivity index (χ3v) is 7.66. The highest BCUT2D eigenvalue weighted by molar-refractivity contribution is 9.10. The second kappa shape index (κ2) is 9.16. The Hall–Kier alpha value is -2.50. The van der Waals surface area contributed by atoms with Gasteiger partial charge in [0.05, 0.1) is 12.3 Å². The second-order valence-corrected chi connectivity index (χ2v) is 10.3. The Morgan fingerprint density at radius 1 is 1.03 bits per heavy atom. The van der Waals surface area contributed by atoms with Gasteiger partial charge in [-0.15, -0.1) is 0 Å². The Labute approximate surface area is 196 Å². The highest BCUT2D eigenvalue weighted by Crippen LogP contribution is 2.31. The van der Waals surface area contributed by atoms with Gasteiger partial charge in [-0.3, -0.25) is 0 Å². The van der Waals surface area contributed by atoms with Crippen molar-refractivity contribution in [1.29, 1.82) is 0 Å². The lowest BCUT2D eigenvalue weighted by Gasteiger charge is -2.34. The van der Waals surface area contributed by atoms with E-state index < -0.39 is 10.0 Å². The number of hydrogen-bond donors (Lipinski definition) is 0. The van der Waals surface area contributed by atoms with Crippen LogP contribution in [0.25, 0.3) is 5.82 Å². The van der Waals surface area contributed by atoms with Crippen molar-refractivity contribution in [3.63, 3.8) is 0 Å². The van der Waals surface area contributed by atoms with Gasteiger partial charge in [0, 0.05) is 42.4 Å². The molecule has 0 N–H and O–H groups in total. The topological polar surface area (TPSA) is 93.5 Å². The molecular weight excluding hydrogens is 496 g/mol. The van der Waals surface area contributed by atoms with Crippen molar-refractivity contribution in [3.05, 3.63) is 52.5 Å². The number of benzene rings is 1. The second-order valence-electron chi connectivity index (χ2n) is 7.49. The smallest absolute Gasteiger partial charge is 0.246 e. The lowest BCUT2D eigenvalue weighted by atomic mass is 10.3. The summed E-state index contributed by atoms with van der Waals surface area (Å²) in [6.07, 6.45) is 1.51. The molecule has 9 nitrogen and oxygen atoms in total. The van der Waals surface area contributed by atoms with Crippen LogP contribution in [0.3, 0.4) is 0 Å². The minimum atomic E-state index is -3.69. The summed E-state index contributed by atoms with van der Waals surface area (Å²) in [5.41, 5.74) is 1.91. The molecule has 1 saturated heterocycles. The molecule has 4 rings (SSSR count). The van der Waals surface area contributed by atoms with Crippen molar-refractivity contribution in [1.82, 2.24) is 24.1 Å². The number of hydrogen-bond acceptors (Lipinski definition) is 7. The zero-order chi connectivity index (χ0) is 22.9. The minimum absolute atomic E-state index is 0.177. The van der Waals surface area contributed by atoms with Crippen molar-refractivity contribution in [2.24, 2.45) is 0 Å². The van der Waals surface area contributed by atoms with Crippen LogP contribution >= 0.6 is 15.9 Å². The average Bonchev–Trinajstić information content (AvgIpc) is 3.13. The first-order valence-electron chi connectivity index (χ1n) is 10.3.